The van der Waals surface area contributed by atoms with E-state index in [1.165, 1.54) is 35.6 Å². The Morgan fingerprint density at radius 3 is 2.71 bits per heavy atom. The normalized spacial score (nSPS) is 11.8. The number of thiophene rings is 1. The van der Waals surface area contributed by atoms with E-state index in [2.05, 4.69) is 10.6 Å². The molecule has 0 aliphatic rings. The molecular weight excluding hydrogens is 379 g/mol. The third-order valence-electron chi connectivity index (χ3n) is 4.23. The van der Waals surface area contributed by atoms with Crippen LogP contribution in [0.25, 0.3) is 0 Å². The van der Waals surface area contributed by atoms with Crippen molar-refractivity contribution in [2.24, 2.45) is 0 Å². The first-order valence-electron chi connectivity index (χ1n) is 8.93. The highest BCUT2D eigenvalue weighted by molar-refractivity contribution is 7.18. The number of hydrogen-bond donors (Lipinski definition) is 2. The second kappa shape index (κ2) is 8.84. The molecule has 0 bridgehead atoms. The molecule has 0 aliphatic carbocycles. The monoisotopic (exact) mass is 400 g/mol. The van der Waals surface area contributed by atoms with Crippen LogP contribution in [0.5, 0.6) is 0 Å². The van der Waals surface area contributed by atoms with E-state index in [4.69, 9.17) is 4.42 Å². The molecule has 0 spiro atoms. The number of furan rings is 1. The fourth-order valence-corrected chi connectivity index (χ4v) is 3.73. The summed E-state index contributed by atoms with van der Waals surface area (Å²) in [5.74, 6) is -0.186. The predicted octanol–water partition coefficient (Wildman–Crippen LogP) is 4.79. The van der Waals surface area contributed by atoms with Crippen molar-refractivity contribution >= 4 is 28.2 Å². The molecule has 2 heterocycles. The lowest BCUT2D eigenvalue weighted by molar-refractivity contribution is 0.0940. The summed E-state index contributed by atoms with van der Waals surface area (Å²) < 4.78 is 18.6. The molecule has 0 fully saturated rings. The number of halogens is 1. The molecule has 1 atom stereocenters. The quantitative estimate of drug-likeness (QED) is 0.599. The van der Waals surface area contributed by atoms with Gasteiger partial charge in [-0.1, -0.05) is 6.07 Å². The van der Waals surface area contributed by atoms with Crippen LogP contribution < -0.4 is 10.6 Å². The lowest BCUT2D eigenvalue weighted by Crippen LogP contribution is -2.32. The van der Waals surface area contributed by atoms with E-state index in [-0.39, 0.29) is 17.5 Å². The Morgan fingerprint density at radius 2 is 2.00 bits per heavy atom. The van der Waals surface area contributed by atoms with Gasteiger partial charge in [0.05, 0.1) is 16.1 Å². The van der Waals surface area contributed by atoms with Crippen LogP contribution in [-0.2, 0) is 6.42 Å². The van der Waals surface area contributed by atoms with Crippen LogP contribution in [0.3, 0.4) is 0 Å². The van der Waals surface area contributed by atoms with Crippen molar-refractivity contribution < 1.29 is 18.4 Å². The highest BCUT2D eigenvalue weighted by Gasteiger charge is 2.17. The number of amides is 2. The van der Waals surface area contributed by atoms with Crippen LogP contribution in [0, 0.1) is 12.7 Å². The van der Waals surface area contributed by atoms with Gasteiger partial charge in [0.1, 0.15) is 11.6 Å². The zero-order valence-corrected chi connectivity index (χ0v) is 16.4. The minimum absolute atomic E-state index is 0.0237. The fourth-order valence-electron chi connectivity index (χ4n) is 2.76. The summed E-state index contributed by atoms with van der Waals surface area (Å²) in [7, 11) is 0. The molecule has 2 aromatic heterocycles. The summed E-state index contributed by atoms with van der Waals surface area (Å²) in [5, 5.41) is 6.23. The van der Waals surface area contributed by atoms with Gasteiger partial charge in [0.2, 0.25) is 0 Å². The van der Waals surface area contributed by atoms with Gasteiger partial charge in [-0.25, -0.2) is 4.39 Å². The Morgan fingerprint density at radius 1 is 1.18 bits per heavy atom. The van der Waals surface area contributed by atoms with Crippen LogP contribution in [0.4, 0.5) is 9.39 Å². The molecule has 5 nitrogen and oxygen atoms in total. The van der Waals surface area contributed by atoms with Gasteiger partial charge < -0.3 is 15.1 Å². The number of aryl methyl sites for hydroxylation is 2. The van der Waals surface area contributed by atoms with Crippen molar-refractivity contribution in [2.45, 2.75) is 32.7 Å². The third-order valence-corrected chi connectivity index (χ3v) is 5.38. The van der Waals surface area contributed by atoms with E-state index in [0.717, 1.165) is 24.2 Å². The molecule has 3 rings (SSSR count). The minimum Gasteiger partial charge on any atom is -0.469 e. The van der Waals surface area contributed by atoms with E-state index >= 15 is 0 Å². The van der Waals surface area contributed by atoms with Crippen LogP contribution in [-0.4, -0.2) is 17.9 Å². The van der Waals surface area contributed by atoms with Gasteiger partial charge in [-0.15, -0.1) is 11.3 Å². The molecule has 146 valence electrons. The molecule has 7 heteroatoms. The molecule has 1 unspecified atom stereocenters. The topological polar surface area (TPSA) is 71.3 Å². The first kappa shape index (κ1) is 19.8. The number of carbonyl (C=O) groups excluding carboxylic acids is 2. The Labute approximate surface area is 166 Å². The number of anilines is 1. The van der Waals surface area contributed by atoms with Crippen LogP contribution in [0.15, 0.2) is 53.1 Å². The molecule has 2 N–H and O–H groups in total. The molecule has 0 radical (unpaired) electrons. The molecule has 0 saturated carbocycles. The molecular formula is C21H21FN2O3S. The zero-order chi connectivity index (χ0) is 20.1. The summed E-state index contributed by atoms with van der Waals surface area (Å²) in [6.45, 7) is 3.76. The van der Waals surface area contributed by atoms with Gasteiger partial charge >= 0.3 is 0 Å². The molecule has 0 aliphatic heterocycles. The fraction of sp³-hybridized carbons (Fsp3) is 0.238. The Hall–Kier alpha value is -2.93. The highest BCUT2D eigenvalue weighted by atomic mass is 32.1. The van der Waals surface area contributed by atoms with E-state index in [0.29, 0.717) is 9.88 Å². The molecule has 3 aromatic rings. The second-order valence-electron chi connectivity index (χ2n) is 6.58. The SMILES string of the molecule is Cc1cc(NC(=O)c2cccc(F)c2)sc1C(=O)NC(C)CCc1ccco1. The second-order valence-corrected chi connectivity index (χ2v) is 7.63. The van der Waals surface area contributed by atoms with Crippen molar-refractivity contribution in [3.8, 4) is 0 Å². The first-order valence-corrected chi connectivity index (χ1v) is 9.74. The van der Waals surface area contributed by atoms with Crippen molar-refractivity contribution in [3.05, 3.63) is 76.3 Å². The molecule has 2 amide bonds. The number of hydrogen-bond acceptors (Lipinski definition) is 4. The maximum Gasteiger partial charge on any atom is 0.261 e. The van der Waals surface area contributed by atoms with E-state index < -0.39 is 11.7 Å². The van der Waals surface area contributed by atoms with E-state index in [9.17, 15) is 14.0 Å². The largest absolute Gasteiger partial charge is 0.469 e. The minimum atomic E-state index is -0.474. The smallest absolute Gasteiger partial charge is 0.261 e. The van der Waals surface area contributed by atoms with Crippen LogP contribution in [0.1, 0.15) is 44.7 Å². The maximum atomic E-state index is 13.3. The summed E-state index contributed by atoms with van der Waals surface area (Å²) in [6.07, 6.45) is 3.13. The molecule has 0 saturated heterocycles. The summed E-state index contributed by atoms with van der Waals surface area (Å²) in [5.41, 5.74) is 0.999. The van der Waals surface area contributed by atoms with Gasteiger partial charge in [-0.05, 0) is 62.2 Å². The van der Waals surface area contributed by atoms with Crippen LogP contribution >= 0.6 is 11.3 Å². The summed E-state index contributed by atoms with van der Waals surface area (Å²) in [6, 6.07) is 10.9. The molecule has 1 aromatic carbocycles. The Balaban J connectivity index is 1.59. The van der Waals surface area contributed by atoms with E-state index in [1.807, 2.05) is 26.0 Å². The Kier molecular flexibility index (Phi) is 6.26. The lowest BCUT2D eigenvalue weighted by Gasteiger charge is -2.12. The molecule has 28 heavy (non-hydrogen) atoms. The average molecular weight is 400 g/mol. The van der Waals surface area contributed by atoms with E-state index in [1.54, 1.807) is 12.3 Å². The van der Waals surface area contributed by atoms with Gasteiger partial charge in [0.15, 0.2) is 0 Å². The Bertz CT molecular complexity index is 966. The van der Waals surface area contributed by atoms with Gasteiger partial charge in [-0.2, -0.15) is 0 Å². The van der Waals surface area contributed by atoms with Gasteiger partial charge in [0.25, 0.3) is 11.8 Å². The first-order chi connectivity index (χ1) is 13.4. The van der Waals surface area contributed by atoms with Gasteiger partial charge in [-0.3, -0.25) is 9.59 Å². The zero-order valence-electron chi connectivity index (χ0n) is 15.6. The highest BCUT2D eigenvalue weighted by Crippen LogP contribution is 2.27. The predicted molar refractivity (Wildman–Crippen MR) is 107 cm³/mol. The number of rotatable bonds is 7. The van der Waals surface area contributed by atoms with Crippen molar-refractivity contribution in [1.29, 1.82) is 0 Å². The number of nitrogens with one attached hydrogen (secondary N) is 2. The maximum absolute atomic E-state index is 13.3. The third kappa shape index (κ3) is 5.07. The summed E-state index contributed by atoms with van der Waals surface area (Å²) >= 11 is 1.20. The van der Waals surface area contributed by atoms with Crippen molar-refractivity contribution in [2.75, 3.05) is 5.32 Å². The summed E-state index contributed by atoms with van der Waals surface area (Å²) in [4.78, 5) is 25.4. The standard InChI is InChI=1S/C21H21FN2O3S/c1-13-11-18(24-20(25)15-5-3-6-16(22)12-15)28-19(13)21(26)23-14(2)8-9-17-7-4-10-27-17/h3-7,10-12,14H,8-9H2,1-2H3,(H,23,26)(H,24,25). The van der Waals surface area contributed by atoms with Crippen molar-refractivity contribution in [1.82, 2.24) is 5.32 Å². The number of carbonyl (C=O) groups is 2. The van der Waals surface area contributed by atoms with Crippen molar-refractivity contribution in [3.63, 3.8) is 0 Å². The average Bonchev–Trinajstić information content (AvgIpc) is 3.29. The number of benzene rings is 1. The van der Waals surface area contributed by atoms with Crippen LogP contribution in [0.2, 0.25) is 0 Å². The van der Waals surface area contributed by atoms with Gasteiger partial charge in [0, 0.05) is 18.0 Å². The lowest BCUT2D eigenvalue weighted by atomic mass is 10.1.